The molecule has 4 heteroatoms. The lowest BCUT2D eigenvalue weighted by Gasteiger charge is -2.39. The molecule has 1 spiro atoms. The number of rotatable bonds is 3. The molecule has 0 saturated heterocycles. The molecule has 0 saturated carbocycles. The highest BCUT2D eigenvalue weighted by atomic mass is 32.1. The van der Waals surface area contributed by atoms with Gasteiger partial charge in [-0.3, -0.25) is 0 Å². The number of fused-ring (bicyclic) bond motifs is 13. The van der Waals surface area contributed by atoms with E-state index in [1.807, 2.05) is 18.2 Å². The number of para-hydroxylation sites is 2. The second-order valence-corrected chi connectivity index (χ2v) is 15.5. The molecule has 0 bridgehead atoms. The molecule has 3 nitrogen and oxygen atoms in total. The van der Waals surface area contributed by atoms with Gasteiger partial charge in [0, 0.05) is 32.3 Å². The minimum atomic E-state index is -0.493. The molecule has 1 aliphatic heterocycles. The van der Waals surface area contributed by atoms with Gasteiger partial charge in [-0.15, -0.1) is 11.3 Å². The third kappa shape index (κ3) is 4.31. The molecule has 1 aliphatic carbocycles. The fraction of sp³-hybridized carbons (Fsp3) is 0.0196. The Morgan fingerprint density at radius 2 is 1.07 bits per heavy atom. The molecule has 55 heavy (non-hydrogen) atoms. The maximum Gasteiger partial charge on any atom is 0.160 e. The van der Waals surface area contributed by atoms with Crippen molar-refractivity contribution in [2.24, 2.45) is 0 Å². The molecule has 0 amide bonds. The Labute approximate surface area is 321 Å². The SMILES string of the molecule is c1ccc(-c2nc(-c3ccc4cc(-c5cccc6c5-c5ccccc5C65c6ccccc6Oc6ccccc65)ccc4c3)c3sc4ccccc4c3n2)cc1. The van der Waals surface area contributed by atoms with Gasteiger partial charge in [-0.05, 0) is 74.5 Å². The van der Waals surface area contributed by atoms with Gasteiger partial charge in [-0.1, -0.05) is 152 Å². The summed E-state index contributed by atoms with van der Waals surface area (Å²) in [6.07, 6.45) is 0. The predicted molar refractivity (Wildman–Crippen MR) is 226 cm³/mol. The molecule has 3 heterocycles. The largest absolute Gasteiger partial charge is 0.457 e. The first kappa shape index (κ1) is 30.6. The summed E-state index contributed by atoms with van der Waals surface area (Å²) >= 11 is 1.77. The standard InChI is InChI=1S/C51H30N2OS/c1-2-13-31(14-3-1)50-52-47(49-48(53-50)38-16-5-11-24-45(38)55-49)35-28-26-32-29-34(27-25-33(32)30-35)36-17-12-21-42-46(36)37-15-4-6-18-39(37)51(42)40-19-7-9-22-43(40)54-44-23-10-8-20-41(44)51/h1-30H. The summed E-state index contributed by atoms with van der Waals surface area (Å²) in [6.45, 7) is 0. The third-order valence-electron chi connectivity index (χ3n) is 11.5. The van der Waals surface area contributed by atoms with Gasteiger partial charge in [0.05, 0.1) is 21.3 Å². The smallest absolute Gasteiger partial charge is 0.160 e. The molecule has 10 aromatic rings. The Hall–Kier alpha value is -6.88. The molecule has 0 atom stereocenters. The molecule has 256 valence electrons. The van der Waals surface area contributed by atoms with E-state index in [9.17, 15) is 0 Å². The van der Waals surface area contributed by atoms with Crippen molar-refractivity contribution in [3.05, 3.63) is 204 Å². The third-order valence-corrected chi connectivity index (χ3v) is 12.7. The zero-order valence-electron chi connectivity index (χ0n) is 29.5. The van der Waals surface area contributed by atoms with Crippen LogP contribution in [0.25, 0.3) is 76.0 Å². The van der Waals surface area contributed by atoms with E-state index in [1.165, 1.54) is 65.4 Å². The van der Waals surface area contributed by atoms with Gasteiger partial charge >= 0.3 is 0 Å². The van der Waals surface area contributed by atoms with Gasteiger partial charge in [0.25, 0.3) is 0 Å². The molecule has 0 fully saturated rings. The van der Waals surface area contributed by atoms with Crippen molar-refractivity contribution in [1.82, 2.24) is 9.97 Å². The van der Waals surface area contributed by atoms with Gasteiger partial charge in [-0.25, -0.2) is 9.97 Å². The summed E-state index contributed by atoms with van der Waals surface area (Å²) in [6, 6.07) is 65.4. The highest BCUT2D eigenvalue weighted by Crippen LogP contribution is 2.63. The van der Waals surface area contributed by atoms with Crippen molar-refractivity contribution >= 4 is 42.4 Å². The van der Waals surface area contributed by atoms with Crippen molar-refractivity contribution in [2.45, 2.75) is 5.41 Å². The fourth-order valence-corrected chi connectivity index (χ4v) is 10.4. The van der Waals surface area contributed by atoms with Crippen molar-refractivity contribution < 1.29 is 4.74 Å². The lowest BCUT2D eigenvalue weighted by Crippen LogP contribution is -2.32. The van der Waals surface area contributed by atoms with E-state index in [-0.39, 0.29) is 0 Å². The van der Waals surface area contributed by atoms with Crippen molar-refractivity contribution in [3.63, 3.8) is 0 Å². The molecule has 12 rings (SSSR count). The van der Waals surface area contributed by atoms with Crippen LogP contribution in [0.2, 0.25) is 0 Å². The number of thiophene rings is 1. The Kier molecular flexibility index (Phi) is 6.42. The number of nitrogens with zero attached hydrogens (tertiary/aromatic N) is 2. The first-order chi connectivity index (χ1) is 27.3. The summed E-state index contributed by atoms with van der Waals surface area (Å²) < 4.78 is 8.89. The van der Waals surface area contributed by atoms with E-state index in [0.29, 0.717) is 0 Å². The van der Waals surface area contributed by atoms with Crippen LogP contribution in [0.3, 0.4) is 0 Å². The number of benzene rings is 8. The number of hydrogen-bond donors (Lipinski definition) is 0. The highest BCUT2D eigenvalue weighted by Gasteiger charge is 2.51. The van der Waals surface area contributed by atoms with Crippen LogP contribution < -0.4 is 4.74 Å². The zero-order chi connectivity index (χ0) is 36.1. The number of aromatic nitrogens is 2. The Balaban J connectivity index is 1.04. The van der Waals surface area contributed by atoms with E-state index in [2.05, 4.69) is 164 Å². The normalized spacial score (nSPS) is 13.4. The first-order valence-corrected chi connectivity index (χ1v) is 19.5. The van der Waals surface area contributed by atoms with Gasteiger partial charge in [0.1, 0.15) is 11.5 Å². The topological polar surface area (TPSA) is 35.0 Å². The summed E-state index contributed by atoms with van der Waals surface area (Å²) in [7, 11) is 0. The summed E-state index contributed by atoms with van der Waals surface area (Å²) in [5, 5.41) is 3.53. The molecule has 2 aromatic heterocycles. The lowest BCUT2D eigenvalue weighted by molar-refractivity contribution is 0.436. The minimum Gasteiger partial charge on any atom is -0.457 e. The number of hydrogen-bond acceptors (Lipinski definition) is 4. The molecular formula is C51H30N2OS. The lowest BCUT2D eigenvalue weighted by atomic mass is 9.66. The van der Waals surface area contributed by atoms with E-state index >= 15 is 0 Å². The second kappa shape index (κ2) is 11.6. The zero-order valence-corrected chi connectivity index (χ0v) is 30.3. The van der Waals surface area contributed by atoms with E-state index in [4.69, 9.17) is 14.7 Å². The van der Waals surface area contributed by atoms with Crippen LogP contribution in [-0.4, -0.2) is 9.97 Å². The van der Waals surface area contributed by atoms with Gasteiger partial charge in [0.15, 0.2) is 5.82 Å². The first-order valence-electron chi connectivity index (χ1n) is 18.7. The van der Waals surface area contributed by atoms with Crippen molar-refractivity contribution in [1.29, 1.82) is 0 Å². The molecule has 2 aliphatic rings. The van der Waals surface area contributed by atoms with Crippen LogP contribution in [0.4, 0.5) is 0 Å². The van der Waals surface area contributed by atoms with Gasteiger partial charge in [0.2, 0.25) is 0 Å². The minimum absolute atomic E-state index is 0.493. The maximum atomic E-state index is 6.56. The van der Waals surface area contributed by atoms with Crippen LogP contribution in [0.15, 0.2) is 182 Å². The van der Waals surface area contributed by atoms with Crippen LogP contribution in [0.1, 0.15) is 22.3 Å². The van der Waals surface area contributed by atoms with Gasteiger partial charge in [-0.2, -0.15) is 0 Å². The second-order valence-electron chi connectivity index (χ2n) is 14.4. The highest BCUT2D eigenvalue weighted by molar-refractivity contribution is 7.26. The van der Waals surface area contributed by atoms with E-state index in [0.717, 1.165) is 44.4 Å². The molecule has 0 radical (unpaired) electrons. The van der Waals surface area contributed by atoms with E-state index < -0.39 is 5.41 Å². The molecule has 8 aromatic carbocycles. The molecule has 0 unspecified atom stereocenters. The summed E-state index contributed by atoms with van der Waals surface area (Å²) in [5.41, 5.74) is 13.5. The van der Waals surface area contributed by atoms with Crippen LogP contribution in [-0.2, 0) is 5.41 Å². The Bertz CT molecular complexity index is 3150. The monoisotopic (exact) mass is 718 g/mol. The average Bonchev–Trinajstić information content (AvgIpc) is 3.78. The number of ether oxygens (including phenoxy) is 1. The van der Waals surface area contributed by atoms with Crippen LogP contribution in [0.5, 0.6) is 11.5 Å². The van der Waals surface area contributed by atoms with Crippen LogP contribution >= 0.6 is 11.3 Å². The fourth-order valence-electron chi connectivity index (χ4n) is 9.21. The van der Waals surface area contributed by atoms with Crippen LogP contribution in [0, 0.1) is 0 Å². The summed E-state index contributed by atoms with van der Waals surface area (Å²) in [4.78, 5) is 10.4. The Morgan fingerprint density at radius 1 is 0.455 bits per heavy atom. The molecule has 0 N–H and O–H groups in total. The predicted octanol–water partition coefficient (Wildman–Crippen LogP) is 13.5. The molecular weight excluding hydrogens is 689 g/mol. The van der Waals surface area contributed by atoms with Gasteiger partial charge < -0.3 is 4.74 Å². The average molecular weight is 719 g/mol. The maximum absolute atomic E-state index is 6.56. The van der Waals surface area contributed by atoms with E-state index in [1.54, 1.807) is 11.3 Å². The van der Waals surface area contributed by atoms with Crippen molar-refractivity contribution in [3.8, 4) is 56.4 Å². The Morgan fingerprint density at radius 3 is 1.87 bits per heavy atom. The quantitative estimate of drug-likeness (QED) is 0.182. The van der Waals surface area contributed by atoms with Crippen molar-refractivity contribution in [2.75, 3.05) is 0 Å². The summed E-state index contributed by atoms with van der Waals surface area (Å²) in [5.74, 6) is 2.55.